The van der Waals surface area contributed by atoms with Gasteiger partial charge in [0, 0.05) is 23.4 Å². The van der Waals surface area contributed by atoms with Gasteiger partial charge in [0.15, 0.2) is 0 Å². The number of methoxy groups -OCH3 is 1. The zero-order valence-electron chi connectivity index (χ0n) is 17.2. The molecule has 0 unspecified atom stereocenters. The van der Waals surface area contributed by atoms with Crippen LogP contribution in [0.2, 0.25) is 0 Å². The maximum Gasteiger partial charge on any atom is 0.119 e. The molecule has 0 bridgehead atoms. The van der Waals surface area contributed by atoms with Gasteiger partial charge in [-0.1, -0.05) is 18.2 Å². The predicted octanol–water partition coefficient (Wildman–Crippen LogP) is 5.21. The summed E-state index contributed by atoms with van der Waals surface area (Å²) >= 11 is 0. The molecule has 0 spiro atoms. The second-order valence-corrected chi connectivity index (χ2v) is 7.50. The molecule has 1 aromatic heterocycles. The molecule has 0 N–H and O–H groups in total. The molecule has 4 heteroatoms. The summed E-state index contributed by atoms with van der Waals surface area (Å²) in [4.78, 5) is 7.29. The van der Waals surface area contributed by atoms with Crippen molar-refractivity contribution in [3.8, 4) is 33.9 Å². The molecular formula is C25H28N2O2. The van der Waals surface area contributed by atoms with Crippen LogP contribution in [0.1, 0.15) is 18.5 Å². The van der Waals surface area contributed by atoms with E-state index in [1.807, 2.05) is 31.2 Å². The first-order valence-electron chi connectivity index (χ1n) is 10.3. The summed E-state index contributed by atoms with van der Waals surface area (Å²) in [6.45, 7) is 6.17. The quantitative estimate of drug-likeness (QED) is 0.557. The van der Waals surface area contributed by atoms with Crippen molar-refractivity contribution in [2.45, 2.75) is 19.8 Å². The first kappa shape index (κ1) is 19.5. The SMILES string of the molecule is COc1ccc(-c2ccc(C)nc2-c2ccc(OCCN3CCCC3)cc2)cc1. The van der Waals surface area contributed by atoms with E-state index in [0.29, 0.717) is 0 Å². The Morgan fingerprint density at radius 1 is 0.828 bits per heavy atom. The van der Waals surface area contributed by atoms with Crippen LogP contribution in [0, 0.1) is 6.92 Å². The number of hydrogen-bond acceptors (Lipinski definition) is 4. The number of aromatic nitrogens is 1. The van der Waals surface area contributed by atoms with Crippen LogP contribution >= 0.6 is 0 Å². The van der Waals surface area contributed by atoms with E-state index in [9.17, 15) is 0 Å². The van der Waals surface area contributed by atoms with Gasteiger partial charge >= 0.3 is 0 Å². The van der Waals surface area contributed by atoms with E-state index in [-0.39, 0.29) is 0 Å². The van der Waals surface area contributed by atoms with Gasteiger partial charge in [-0.25, -0.2) is 0 Å². The lowest BCUT2D eigenvalue weighted by molar-refractivity contribution is 0.238. The van der Waals surface area contributed by atoms with Gasteiger partial charge < -0.3 is 9.47 Å². The number of rotatable bonds is 7. The summed E-state index contributed by atoms with van der Waals surface area (Å²) in [6, 6.07) is 20.6. The van der Waals surface area contributed by atoms with Gasteiger partial charge in [0.1, 0.15) is 18.1 Å². The van der Waals surface area contributed by atoms with E-state index < -0.39 is 0 Å². The molecule has 1 fully saturated rings. The highest BCUT2D eigenvalue weighted by molar-refractivity contribution is 5.81. The van der Waals surface area contributed by atoms with Crippen molar-refractivity contribution >= 4 is 0 Å². The molecule has 2 aromatic carbocycles. The first-order chi connectivity index (χ1) is 14.2. The lowest BCUT2D eigenvalue weighted by Crippen LogP contribution is -2.25. The molecule has 0 amide bonds. The monoisotopic (exact) mass is 388 g/mol. The molecule has 0 atom stereocenters. The fourth-order valence-corrected chi connectivity index (χ4v) is 3.79. The number of likely N-dealkylation sites (tertiary alicyclic amines) is 1. The van der Waals surface area contributed by atoms with Crippen molar-refractivity contribution in [2.75, 3.05) is 33.4 Å². The average molecular weight is 389 g/mol. The maximum atomic E-state index is 5.95. The van der Waals surface area contributed by atoms with Gasteiger partial charge in [0.25, 0.3) is 0 Å². The van der Waals surface area contributed by atoms with Crippen molar-refractivity contribution in [3.05, 3.63) is 66.4 Å². The van der Waals surface area contributed by atoms with Crippen LogP contribution in [0.15, 0.2) is 60.7 Å². The zero-order chi connectivity index (χ0) is 20.1. The van der Waals surface area contributed by atoms with E-state index in [4.69, 9.17) is 14.5 Å². The van der Waals surface area contributed by atoms with Crippen molar-refractivity contribution in [1.82, 2.24) is 9.88 Å². The standard InChI is InChI=1S/C25H28N2O2/c1-19-5-14-24(20-6-10-22(28-2)11-7-20)25(26-19)21-8-12-23(13-9-21)29-18-17-27-15-3-4-16-27/h5-14H,3-4,15-18H2,1-2H3. The third-order valence-corrected chi connectivity index (χ3v) is 5.44. The van der Waals surface area contributed by atoms with Crippen LogP contribution in [-0.2, 0) is 0 Å². The third-order valence-electron chi connectivity index (χ3n) is 5.44. The molecule has 1 aliphatic rings. The van der Waals surface area contributed by atoms with Crippen LogP contribution in [0.4, 0.5) is 0 Å². The number of benzene rings is 2. The minimum Gasteiger partial charge on any atom is -0.497 e. The molecule has 150 valence electrons. The Bertz CT molecular complexity index is 930. The Kier molecular flexibility index (Phi) is 6.11. The zero-order valence-corrected chi connectivity index (χ0v) is 17.2. The molecule has 1 aliphatic heterocycles. The van der Waals surface area contributed by atoms with E-state index in [1.54, 1.807) is 7.11 Å². The summed E-state index contributed by atoms with van der Waals surface area (Å²) in [5.41, 5.74) is 5.31. The second kappa shape index (κ2) is 9.10. The van der Waals surface area contributed by atoms with Crippen molar-refractivity contribution in [1.29, 1.82) is 0 Å². The highest BCUT2D eigenvalue weighted by Crippen LogP contribution is 2.32. The first-order valence-corrected chi connectivity index (χ1v) is 10.3. The van der Waals surface area contributed by atoms with Gasteiger partial charge in [0.05, 0.1) is 12.8 Å². The van der Waals surface area contributed by atoms with E-state index in [1.165, 1.54) is 25.9 Å². The fraction of sp³-hybridized carbons (Fsp3) is 0.320. The highest BCUT2D eigenvalue weighted by Gasteiger charge is 2.12. The number of pyridine rings is 1. The fourth-order valence-electron chi connectivity index (χ4n) is 3.79. The number of ether oxygens (including phenoxy) is 2. The van der Waals surface area contributed by atoms with Crippen molar-refractivity contribution < 1.29 is 9.47 Å². The summed E-state index contributed by atoms with van der Waals surface area (Å²) in [6.07, 6.45) is 2.63. The minimum absolute atomic E-state index is 0.735. The van der Waals surface area contributed by atoms with Gasteiger partial charge in [-0.2, -0.15) is 0 Å². The Balaban J connectivity index is 1.51. The van der Waals surface area contributed by atoms with Crippen molar-refractivity contribution in [2.24, 2.45) is 0 Å². The van der Waals surface area contributed by atoms with E-state index in [0.717, 1.165) is 52.7 Å². The molecule has 4 nitrogen and oxygen atoms in total. The second-order valence-electron chi connectivity index (χ2n) is 7.50. The Morgan fingerprint density at radius 2 is 1.48 bits per heavy atom. The smallest absolute Gasteiger partial charge is 0.119 e. The minimum atomic E-state index is 0.735. The largest absolute Gasteiger partial charge is 0.497 e. The van der Waals surface area contributed by atoms with Crippen LogP contribution in [0.25, 0.3) is 22.4 Å². The summed E-state index contributed by atoms with van der Waals surface area (Å²) < 4.78 is 11.2. The summed E-state index contributed by atoms with van der Waals surface area (Å²) in [5, 5.41) is 0. The van der Waals surface area contributed by atoms with Gasteiger partial charge in [-0.15, -0.1) is 0 Å². The van der Waals surface area contributed by atoms with Crippen molar-refractivity contribution in [3.63, 3.8) is 0 Å². The molecule has 29 heavy (non-hydrogen) atoms. The lowest BCUT2D eigenvalue weighted by Gasteiger charge is -2.15. The summed E-state index contributed by atoms with van der Waals surface area (Å²) in [5.74, 6) is 1.76. The van der Waals surface area contributed by atoms with E-state index in [2.05, 4.69) is 41.3 Å². The van der Waals surface area contributed by atoms with Crippen LogP contribution in [0.3, 0.4) is 0 Å². The molecule has 2 heterocycles. The summed E-state index contributed by atoms with van der Waals surface area (Å²) in [7, 11) is 1.68. The lowest BCUT2D eigenvalue weighted by atomic mass is 9.98. The van der Waals surface area contributed by atoms with Gasteiger partial charge in [0.2, 0.25) is 0 Å². The molecule has 0 saturated carbocycles. The van der Waals surface area contributed by atoms with E-state index >= 15 is 0 Å². The van der Waals surface area contributed by atoms with Gasteiger partial charge in [-0.3, -0.25) is 9.88 Å². The highest BCUT2D eigenvalue weighted by atomic mass is 16.5. The maximum absolute atomic E-state index is 5.95. The van der Waals surface area contributed by atoms with Crippen LogP contribution in [0.5, 0.6) is 11.5 Å². The third kappa shape index (κ3) is 4.77. The number of hydrogen-bond donors (Lipinski definition) is 0. The average Bonchev–Trinajstić information content (AvgIpc) is 3.28. The molecule has 4 rings (SSSR count). The molecule has 1 saturated heterocycles. The number of aryl methyl sites for hydroxylation is 1. The Labute approximate surface area is 173 Å². The molecule has 0 radical (unpaired) electrons. The van der Waals surface area contributed by atoms with Gasteiger partial charge in [-0.05, 0) is 80.9 Å². The normalized spacial score (nSPS) is 14.1. The predicted molar refractivity (Wildman–Crippen MR) is 118 cm³/mol. The van der Waals surface area contributed by atoms with Crippen LogP contribution < -0.4 is 9.47 Å². The Hall–Kier alpha value is -2.85. The Morgan fingerprint density at radius 3 is 2.17 bits per heavy atom. The molecule has 0 aliphatic carbocycles. The molecule has 3 aromatic rings. The van der Waals surface area contributed by atoms with Crippen LogP contribution in [-0.4, -0.2) is 43.2 Å². The number of nitrogens with zero attached hydrogens (tertiary/aromatic N) is 2. The topological polar surface area (TPSA) is 34.6 Å². The molecular weight excluding hydrogens is 360 g/mol.